The van der Waals surface area contributed by atoms with Crippen molar-refractivity contribution in [3.8, 4) is 0 Å². The summed E-state index contributed by atoms with van der Waals surface area (Å²) >= 11 is 6.85. The number of para-hydroxylation sites is 1. The lowest BCUT2D eigenvalue weighted by molar-refractivity contribution is 0.101. The van der Waals surface area contributed by atoms with E-state index in [9.17, 15) is 18.0 Å². The molecule has 0 saturated carbocycles. The van der Waals surface area contributed by atoms with E-state index in [4.69, 9.17) is 16.0 Å². The minimum Gasteiger partial charge on any atom is -0.413 e. The van der Waals surface area contributed by atoms with Crippen molar-refractivity contribution in [3.63, 3.8) is 0 Å². The molecule has 0 atom stereocenters. The molecule has 2 aromatic heterocycles. The van der Waals surface area contributed by atoms with Crippen molar-refractivity contribution in [1.82, 2.24) is 4.98 Å². The second-order valence-corrected chi connectivity index (χ2v) is 11.3. The summed E-state index contributed by atoms with van der Waals surface area (Å²) in [6.45, 7) is 0. The Bertz CT molecular complexity index is 2010. The first kappa shape index (κ1) is 23.4. The first-order chi connectivity index (χ1) is 17.8. The SMILES string of the molecule is O=C(c1ccc(Cl)cc1)N(c1cc2sc(=O)oc2c2ccccc12)S(=O)(=O)c1cccc2cccnc12. The molecular formula is C27H15ClN2O5S2. The number of hydrogen-bond donors (Lipinski definition) is 0. The molecule has 6 rings (SSSR count). The molecule has 37 heavy (non-hydrogen) atoms. The largest absolute Gasteiger partial charge is 0.413 e. The van der Waals surface area contributed by atoms with Crippen LogP contribution in [0.1, 0.15) is 10.4 Å². The van der Waals surface area contributed by atoms with E-state index in [0.29, 0.717) is 31.5 Å². The Morgan fingerprint density at radius 1 is 0.919 bits per heavy atom. The van der Waals surface area contributed by atoms with Crippen molar-refractivity contribution in [3.05, 3.63) is 111 Å². The highest BCUT2D eigenvalue weighted by atomic mass is 35.5. The predicted molar refractivity (Wildman–Crippen MR) is 145 cm³/mol. The van der Waals surface area contributed by atoms with Crippen LogP contribution in [0.3, 0.4) is 0 Å². The van der Waals surface area contributed by atoms with Gasteiger partial charge in [0.25, 0.3) is 15.9 Å². The number of amides is 1. The number of hydrogen-bond acceptors (Lipinski definition) is 7. The smallest absolute Gasteiger partial charge is 0.396 e. The van der Waals surface area contributed by atoms with Gasteiger partial charge in [0.15, 0.2) is 5.58 Å². The van der Waals surface area contributed by atoms with Crippen LogP contribution in [0, 0.1) is 0 Å². The highest BCUT2D eigenvalue weighted by Gasteiger charge is 2.35. The van der Waals surface area contributed by atoms with E-state index in [-0.39, 0.29) is 21.7 Å². The Labute approximate surface area is 219 Å². The number of carbonyl (C=O) groups excluding carboxylic acids is 1. The normalized spacial score (nSPS) is 11.8. The Morgan fingerprint density at radius 2 is 1.65 bits per heavy atom. The number of pyridine rings is 1. The van der Waals surface area contributed by atoms with E-state index >= 15 is 0 Å². The van der Waals surface area contributed by atoms with Crippen molar-refractivity contribution >= 4 is 76.5 Å². The van der Waals surface area contributed by atoms with E-state index in [0.717, 1.165) is 15.6 Å². The third kappa shape index (κ3) is 3.88. The number of benzene rings is 4. The fourth-order valence-electron chi connectivity index (χ4n) is 4.29. The maximum atomic E-state index is 14.4. The number of rotatable bonds is 4. The molecule has 0 bridgehead atoms. The van der Waals surface area contributed by atoms with Crippen molar-refractivity contribution in [2.75, 3.05) is 4.31 Å². The standard InChI is InChI=1S/C27H15ClN2O5S2/c28-18-12-10-17(11-13-18)26(31)30(37(33,34)23-9-3-5-16-6-4-14-29-24(16)23)21-15-22-25(35-27(32)36-22)20-8-2-1-7-19(20)21/h1-15H. The summed E-state index contributed by atoms with van der Waals surface area (Å²) in [5.41, 5.74) is 0.772. The van der Waals surface area contributed by atoms with Crippen LogP contribution in [0.5, 0.6) is 0 Å². The van der Waals surface area contributed by atoms with Gasteiger partial charge in [0.1, 0.15) is 4.90 Å². The van der Waals surface area contributed by atoms with Gasteiger partial charge in [-0.1, -0.05) is 65.4 Å². The van der Waals surface area contributed by atoms with Crippen molar-refractivity contribution in [2.45, 2.75) is 4.90 Å². The van der Waals surface area contributed by atoms with E-state index in [1.165, 1.54) is 42.6 Å². The van der Waals surface area contributed by atoms with Crippen molar-refractivity contribution in [2.24, 2.45) is 0 Å². The van der Waals surface area contributed by atoms with Crippen LogP contribution in [-0.2, 0) is 10.0 Å². The summed E-state index contributed by atoms with van der Waals surface area (Å²) < 4.78 is 35.3. The second kappa shape index (κ2) is 8.81. The topological polar surface area (TPSA) is 97.5 Å². The Morgan fingerprint density at radius 3 is 2.43 bits per heavy atom. The molecule has 7 nitrogen and oxygen atoms in total. The predicted octanol–water partition coefficient (Wildman–Crippen LogP) is 6.25. The summed E-state index contributed by atoms with van der Waals surface area (Å²) in [5, 5.41) is 1.94. The van der Waals surface area contributed by atoms with Crippen LogP contribution in [-0.4, -0.2) is 19.3 Å². The molecule has 4 aromatic carbocycles. The first-order valence-electron chi connectivity index (χ1n) is 11.0. The zero-order chi connectivity index (χ0) is 25.7. The van der Waals surface area contributed by atoms with Crippen LogP contribution in [0.4, 0.5) is 5.69 Å². The monoisotopic (exact) mass is 546 g/mol. The molecule has 6 aromatic rings. The lowest BCUT2D eigenvalue weighted by Gasteiger charge is -2.25. The number of carbonyl (C=O) groups is 1. The lowest BCUT2D eigenvalue weighted by Crippen LogP contribution is -2.37. The highest BCUT2D eigenvalue weighted by molar-refractivity contribution is 7.93. The zero-order valence-electron chi connectivity index (χ0n) is 18.8. The van der Waals surface area contributed by atoms with E-state index in [1.54, 1.807) is 48.5 Å². The average molecular weight is 547 g/mol. The lowest BCUT2D eigenvalue weighted by atomic mass is 10.1. The molecule has 0 radical (unpaired) electrons. The van der Waals surface area contributed by atoms with Gasteiger partial charge in [0, 0.05) is 32.9 Å². The van der Waals surface area contributed by atoms with Crippen molar-refractivity contribution < 1.29 is 17.6 Å². The van der Waals surface area contributed by atoms with E-state index < -0.39 is 20.9 Å². The van der Waals surface area contributed by atoms with Gasteiger partial charge < -0.3 is 4.42 Å². The molecule has 0 aliphatic heterocycles. The summed E-state index contributed by atoms with van der Waals surface area (Å²) in [5.74, 6) is -0.787. The third-order valence-corrected chi connectivity index (χ3v) is 8.68. The molecule has 182 valence electrons. The number of anilines is 1. The summed E-state index contributed by atoms with van der Waals surface area (Å²) in [6, 6.07) is 22.5. The zero-order valence-corrected chi connectivity index (χ0v) is 21.2. The molecule has 0 fully saturated rings. The molecule has 0 aliphatic rings. The Kier molecular flexibility index (Phi) is 5.56. The molecule has 0 unspecified atom stereocenters. The number of nitrogens with zero attached hydrogens (tertiary/aromatic N) is 2. The number of aromatic nitrogens is 1. The van der Waals surface area contributed by atoms with Crippen LogP contribution in [0.2, 0.25) is 5.02 Å². The number of fused-ring (bicyclic) bond motifs is 4. The summed E-state index contributed by atoms with van der Waals surface area (Å²) in [4.78, 5) is 29.7. The quantitative estimate of drug-likeness (QED) is 0.259. The molecule has 0 spiro atoms. The molecule has 0 saturated heterocycles. The minimum atomic E-state index is -4.51. The van der Waals surface area contributed by atoms with Crippen LogP contribution in [0.15, 0.2) is 105 Å². The number of halogens is 1. The van der Waals surface area contributed by atoms with Gasteiger partial charge in [-0.15, -0.1) is 0 Å². The first-order valence-corrected chi connectivity index (χ1v) is 13.6. The van der Waals surface area contributed by atoms with Gasteiger partial charge in [0.05, 0.1) is 15.9 Å². The average Bonchev–Trinajstić information content (AvgIpc) is 3.29. The van der Waals surface area contributed by atoms with Crippen LogP contribution in [0.25, 0.3) is 32.0 Å². The minimum absolute atomic E-state index is 0.0908. The molecule has 0 aliphatic carbocycles. The molecule has 0 N–H and O–H groups in total. The maximum Gasteiger partial charge on any atom is 0.396 e. The molecule has 2 heterocycles. The van der Waals surface area contributed by atoms with Gasteiger partial charge in [-0.3, -0.25) is 9.78 Å². The van der Waals surface area contributed by atoms with Gasteiger partial charge in [0.2, 0.25) is 0 Å². The number of sulfonamides is 1. The van der Waals surface area contributed by atoms with Crippen molar-refractivity contribution in [1.29, 1.82) is 0 Å². The van der Waals surface area contributed by atoms with Crippen LogP contribution < -0.4 is 9.24 Å². The Hall–Kier alpha value is -4.05. The molecule has 10 heteroatoms. The van der Waals surface area contributed by atoms with E-state index in [2.05, 4.69) is 4.98 Å². The molecule has 1 amide bonds. The fourth-order valence-corrected chi connectivity index (χ4v) is 6.73. The van der Waals surface area contributed by atoms with Gasteiger partial charge in [-0.2, -0.15) is 4.31 Å². The summed E-state index contributed by atoms with van der Waals surface area (Å²) in [6.07, 6.45) is 1.50. The van der Waals surface area contributed by atoms with Gasteiger partial charge in [-0.25, -0.2) is 13.2 Å². The highest BCUT2D eigenvalue weighted by Crippen LogP contribution is 2.39. The Balaban J connectivity index is 1.70. The van der Waals surface area contributed by atoms with Crippen LogP contribution >= 0.6 is 22.9 Å². The van der Waals surface area contributed by atoms with Gasteiger partial charge >= 0.3 is 4.94 Å². The van der Waals surface area contributed by atoms with E-state index in [1.807, 2.05) is 0 Å². The van der Waals surface area contributed by atoms with Gasteiger partial charge in [-0.05, 0) is 42.5 Å². The third-order valence-electron chi connectivity index (χ3n) is 5.93. The second-order valence-electron chi connectivity index (χ2n) is 8.14. The maximum absolute atomic E-state index is 14.4. The fraction of sp³-hybridized carbons (Fsp3) is 0. The summed E-state index contributed by atoms with van der Waals surface area (Å²) in [7, 11) is -4.51. The molecular weight excluding hydrogens is 532 g/mol.